The van der Waals surface area contributed by atoms with E-state index in [9.17, 15) is 4.79 Å². The van der Waals surface area contributed by atoms with Crippen molar-refractivity contribution in [2.24, 2.45) is 0 Å². The lowest BCUT2D eigenvalue weighted by atomic mass is 9.98. The summed E-state index contributed by atoms with van der Waals surface area (Å²) in [5.41, 5.74) is 2.74. The van der Waals surface area contributed by atoms with Crippen LogP contribution in [0.2, 0.25) is 10.0 Å². The summed E-state index contributed by atoms with van der Waals surface area (Å²) in [7, 11) is 0. The van der Waals surface area contributed by atoms with Gasteiger partial charge in [-0.3, -0.25) is 10.1 Å². The minimum atomic E-state index is -0.242. The van der Waals surface area contributed by atoms with Gasteiger partial charge < -0.3 is 16.0 Å². The van der Waals surface area contributed by atoms with Gasteiger partial charge in [-0.05, 0) is 35.4 Å². The summed E-state index contributed by atoms with van der Waals surface area (Å²) >= 11 is 12.1. The smallest absolute Gasteiger partial charge is 0.233 e. The summed E-state index contributed by atoms with van der Waals surface area (Å²) in [6, 6.07) is 15.0. The van der Waals surface area contributed by atoms with Crippen LogP contribution in [0, 0.1) is 0 Å². The monoisotopic (exact) mass is 428 g/mol. The van der Waals surface area contributed by atoms with Gasteiger partial charge in [0, 0.05) is 17.0 Å². The van der Waals surface area contributed by atoms with Crippen molar-refractivity contribution in [2.75, 3.05) is 27.9 Å². The molecule has 1 amide bonds. The first-order valence-corrected chi connectivity index (χ1v) is 9.70. The van der Waals surface area contributed by atoms with E-state index in [1.165, 1.54) is 6.92 Å². The van der Waals surface area contributed by atoms with Gasteiger partial charge in [0.2, 0.25) is 11.9 Å². The molecule has 4 rings (SSSR count). The van der Waals surface area contributed by atoms with Gasteiger partial charge in [-0.1, -0.05) is 47.5 Å². The molecule has 3 aromatic rings. The Kier molecular flexibility index (Phi) is 5.42. The Hall–Kier alpha value is -3.03. The number of carbonyl (C=O) groups excluding carboxylic acids is 1. The zero-order chi connectivity index (χ0) is 20.4. The summed E-state index contributed by atoms with van der Waals surface area (Å²) in [6.07, 6.45) is 0. The van der Waals surface area contributed by atoms with E-state index >= 15 is 0 Å². The number of nitrogens with zero attached hydrogens (tertiary/aromatic N) is 2. The van der Waals surface area contributed by atoms with Gasteiger partial charge in [0.05, 0.1) is 12.7 Å². The number of fused-ring (bicyclic) bond motifs is 1. The van der Waals surface area contributed by atoms with Crippen LogP contribution in [-0.2, 0) is 4.79 Å². The lowest BCUT2D eigenvalue weighted by Gasteiger charge is -2.22. The third kappa shape index (κ3) is 4.36. The van der Waals surface area contributed by atoms with E-state index in [4.69, 9.17) is 23.2 Å². The van der Waals surface area contributed by atoms with Crippen LogP contribution >= 0.6 is 23.2 Å². The van der Waals surface area contributed by atoms with Crippen molar-refractivity contribution in [2.45, 2.75) is 13.0 Å². The molecule has 1 aliphatic heterocycles. The number of amides is 1. The van der Waals surface area contributed by atoms with Crippen LogP contribution in [0.4, 0.5) is 23.3 Å². The standard InChI is InChI=1S/C20H18Cl2N6O/c1-11(29)25-20-27-18-17(23-10-24-18)19(28-20)26-16(12-2-6-14(21)7-3-12)13-4-8-15(22)9-5-13/h2-9,16,23H,10H2,1H3,(H3,24,25,26,27,28,29). The molecule has 9 heteroatoms. The van der Waals surface area contributed by atoms with Gasteiger partial charge in [-0.25, -0.2) is 0 Å². The third-order valence-electron chi connectivity index (χ3n) is 4.41. The van der Waals surface area contributed by atoms with E-state index in [1.54, 1.807) is 0 Å². The fourth-order valence-corrected chi connectivity index (χ4v) is 3.35. The third-order valence-corrected chi connectivity index (χ3v) is 4.91. The minimum absolute atomic E-state index is 0.223. The molecule has 0 fully saturated rings. The van der Waals surface area contributed by atoms with Crippen LogP contribution < -0.4 is 21.3 Å². The van der Waals surface area contributed by atoms with Gasteiger partial charge in [0.15, 0.2) is 11.6 Å². The Labute approximate surface area is 177 Å². The molecule has 29 heavy (non-hydrogen) atoms. The number of carbonyl (C=O) groups is 1. The highest BCUT2D eigenvalue weighted by atomic mass is 35.5. The second-order valence-electron chi connectivity index (χ2n) is 6.51. The number of hydrogen-bond acceptors (Lipinski definition) is 6. The number of rotatable bonds is 5. The Balaban J connectivity index is 1.76. The fourth-order valence-electron chi connectivity index (χ4n) is 3.10. The maximum absolute atomic E-state index is 11.5. The molecule has 0 radical (unpaired) electrons. The quantitative estimate of drug-likeness (QED) is 0.469. The van der Waals surface area contributed by atoms with E-state index in [0.29, 0.717) is 28.3 Å². The average molecular weight is 429 g/mol. The first-order chi connectivity index (χ1) is 14.0. The molecular weight excluding hydrogens is 411 g/mol. The van der Waals surface area contributed by atoms with Crippen molar-refractivity contribution >= 4 is 52.4 Å². The molecule has 7 nitrogen and oxygen atoms in total. The first-order valence-electron chi connectivity index (χ1n) is 8.94. The lowest BCUT2D eigenvalue weighted by Crippen LogP contribution is -2.16. The van der Waals surface area contributed by atoms with Crippen molar-refractivity contribution < 1.29 is 4.79 Å². The molecule has 0 unspecified atom stereocenters. The highest BCUT2D eigenvalue weighted by molar-refractivity contribution is 6.30. The summed E-state index contributed by atoms with van der Waals surface area (Å²) in [4.78, 5) is 20.3. The highest BCUT2D eigenvalue weighted by Gasteiger charge is 2.23. The Morgan fingerprint density at radius 1 is 0.966 bits per heavy atom. The molecule has 2 heterocycles. The van der Waals surface area contributed by atoms with Crippen molar-refractivity contribution in [1.82, 2.24) is 9.97 Å². The average Bonchev–Trinajstić information content (AvgIpc) is 3.16. The summed E-state index contributed by atoms with van der Waals surface area (Å²) in [5, 5.41) is 13.8. The van der Waals surface area contributed by atoms with Crippen LogP contribution in [0.1, 0.15) is 24.1 Å². The number of aromatic nitrogens is 2. The van der Waals surface area contributed by atoms with Crippen LogP contribution in [0.15, 0.2) is 48.5 Å². The molecule has 0 aliphatic carbocycles. The number of anilines is 4. The van der Waals surface area contributed by atoms with Crippen molar-refractivity contribution in [3.8, 4) is 0 Å². The summed E-state index contributed by atoms with van der Waals surface area (Å²) < 4.78 is 0. The topological polar surface area (TPSA) is 91.0 Å². The van der Waals surface area contributed by atoms with Crippen LogP contribution in [0.25, 0.3) is 0 Å². The lowest BCUT2D eigenvalue weighted by molar-refractivity contribution is -0.114. The molecule has 0 atom stereocenters. The van der Waals surface area contributed by atoms with E-state index < -0.39 is 0 Å². The normalized spacial score (nSPS) is 12.1. The Bertz CT molecular complexity index is 995. The highest BCUT2D eigenvalue weighted by Crippen LogP contribution is 2.36. The van der Waals surface area contributed by atoms with Gasteiger partial charge in [-0.2, -0.15) is 9.97 Å². The SMILES string of the molecule is CC(=O)Nc1nc2c(c(NC(c3ccc(Cl)cc3)c3ccc(Cl)cc3)n1)NCN2. The molecule has 1 aliphatic rings. The van der Waals surface area contributed by atoms with Gasteiger partial charge in [0.25, 0.3) is 0 Å². The molecule has 0 bridgehead atoms. The molecule has 148 valence electrons. The van der Waals surface area contributed by atoms with Gasteiger partial charge in [0.1, 0.15) is 5.69 Å². The van der Waals surface area contributed by atoms with E-state index in [1.807, 2.05) is 48.5 Å². The van der Waals surface area contributed by atoms with Crippen molar-refractivity contribution in [1.29, 1.82) is 0 Å². The second-order valence-corrected chi connectivity index (χ2v) is 7.38. The largest absolute Gasteiger partial charge is 0.362 e. The maximum atomic E-state index is 11.5. The number of benzene rings is 2. The summed E-state index contributed by atoms with van der Waals surface area (Å²) in [5.74, 6) is 1.17. The first kappa shape index (κ1) is 19.3. The molecular formula is C20H18Cl2N6O. The van der Waals surface area contributed by atoms with Crippen LogP contribution in [0.5, 0.6) is 0 Å². The second kappa shape index (κ2) is 8.14. The molecule has 0 saturated heterocycles. The molecule has 0 saturated carbocycles. The molecule has 4 N–H and O–H groups in total. The van der Waals surface area contributed by atoms with Crippen LogP contribution in [-0.4, -0.2) is 22.5 Å². The fraction of sp³-hybridized carbons (Fsp3) is 0.150. The van der Waals surface area contributed by atoms with E-state index in [0.717, 1.165) is 16.8 Å². The van der Waals surface area contributed by atoms with E-state index in [2.05, 4.69) is 31.2 Å². The van der Waals surface area contributed by atoms with Gasteiger partial charge in [-0.15, -0.1) is 0 Å². The number of nitrogens with one attached hydrogen (secondary N) is 4. The molecule has 2 aromatic carbocycles. The van der Waals surface area contributed by atoms with Gasteiger partial charge >= 0.3 is 0 Å². The zero-order valence-electron chi connectivity index (χ0n) is 15.5. The number of halogens is 2. The van der Waals surface area contributed by atoms with Crippen molar-refractivity contribution in [3.05, 3.63) is 69.7 Å². The predicted molar refractivity (Wildman–Crippen MR) is 117 cm³/mol. The Morgan fingerprint density at radius 3 is 2.10 bits per heavy atom. The maximum Gasteiger partial charge on any atom is 0.233 e. The minimum Gasteiger partial charge on any atom is -0.362 e. The van der Waals surface area contributed by atoms with E-state index in [-0.39, 0.29) is 17.9 Å². The molecule has 0 spiro atoms. The number of hydrogen-bond donors (Lipinski definition) is 4. The molecule has 1 aromatic heterocycles. The van der Waals surface area contributed by atoms with Crippen LogP contribution in [0.3, 0.4) is 0 Å². The predicted octanol–water partition coefficient (Wildman–Crippen LogP) is 4.74. The summed E-state index contributed by atoms with van der Waals surface area (Å²) in [6.45, 7) is 1.94. The zero-order valence-corrected chi connectivity index (χ0v) is 17.0. The Morgan fingerprint density at radius 2 is 1.55 bits per heavy atom. The van der Waals surface area contributed by atoms with Crippen molar-refractivity contribution in [3.63, 3.8) is 0 Å².